The van der Waals surface area contributed by atoms with E-state index in [-0.39, 0.29) is 5.71 Å². The number of nitrogens with zero attached hydrogens (tertiary/aromatic N) is 4. The standard InChI is InChI=1S/C20H14ClN5O/c1-13-23-10-9-18(24-13)15-3-2-4-17(11-15)25-26-19(12-22)20(27)14-5-7-16(21)8-6-14/h2-11,25H,1H3/b26-19-. The summed E-state index contributed by atoms with van der Waals surface area (Å²) in [5, 5.41) is 13.7. The summed E-state index contributed by atoms with van der Waals surface area (Å²) < 4.78 is 0. The summed E-state index contributed by atoms with van der Waals surface area (Å²) in [6, 6.07) is 17.2. The second kappa shape index (κ2) is 8.21. The number of nitrogens with one attached hydrogen (secondary N) is 1. The number of hydrazone groups is 1. The first-order chi connectivity index (χ1) is 13.1. The second-order valence-corrected chi connectivity index (χ2v) is 6.03. The van der Waals surface area contributed by atoms with Crippen LogP contribution in [0.15, 0.2) is 65.9 Å². The lowest BCUT2D eigenvalue weighted by Gasteiger charge is -2.05. The lowest BCUT2D eigenvalue weighted by Crippen LogP contribution is -2.14. The van der Waals surface area contributed by atoms with Crippen molar-refractivity contribution in [1.29, 1.82) is 5.26 Å². The van der Waals surface area contributed by atoms with Crippen molar-refractivity contribution < 1.29 is 4.79 Å². The van der Waals surface area contributed by atoms with Crippen molar-refractivity contribution >= 4 is 28.8 Å². The Morgan fingerprint density at radius 1 is 1.19 bits per heavy atom. The van der Waals surface area contributed by atoms with Crippen molar-refractivity contribution in [3.05, 3.63) is 77.2 Å². The van der Waals surface area contributed by atoms with E-state index in [0.29, 0.717) is 22.1 Å². The molecule has 1 aromatic heterocycles. The number of Topliss-reactive ketones (excluding diaryl/α,β-unsaturated/α-hetero) is 1. The van der Waals surface area contributed by atoms with E-state index in [1.165, 1.54) is 0 Å². The van der Waals surface area contributed by atoms with Gasteiger partial charge in [-0.1, -0.05) is 23.7 Å². The zero-order chi connectivity index (χ0) is 19.2. The van der Waals surface area contributed by atoms with E-state index in [0.717, 1.165) is 11.3 Å². The minimum atomic E-state index is -0.482. The van der Waals surface area contributed by atoms with Crippen LogP contribution in [0.25, 0.3) is 11.3 Å². The van der Waals surface area contributed by atoms with Gasteiger partial charge in [-0.05, 0) is 49.4 Å². The van der Waals surface area contributed by atoms with Crippen molar-refractivity contribution in [3.8, 4) is 17.3 Å². The van der Waals surface area contributed by atoms with E-state index in [2.05, 4.69) is 20.5 Å². The third kappa shape index (κ3) is 4.54. The first-order valence-corrected chi connectivity index (χ1v) is 8.39. The van der Waals surface area contributed by atoms with Crippen molar-refractivity contribution in [2.45, 2.75) is 6.92 Å². The predicted molar refractivity (Wildman–Crippen MR) is 105 cm³/mol. The molecule has 3 rings (SSSR count). The van der Waals surface area contributed by atoms with Crippen LogP contribution in [0.1, 0.15) is 16.2 Å². The van der Waals surface area contributed by atoms with E-state index in [9.17, 15) is 10.1 Å². The third-order valence-corrected chi connectivity index (χ3v) is 3.91. The van der Waals surface area contributed by atoms with Crippen LogP contribution in [-0.4, -0.2) is 21.5 Å². The fourth-order valence-corrected chi connectivity index (χ4v) is 2.48. The van der Waals surface area contributed by atoms with Gasteiger partial charge in [0, 0.05) is 22.3 Å². The molecule has 2 aromatic carbocycles. The highest BCUT2D eigenvalue weighted by Gasteiger charge is 2.14. The molecule has 27 heavy (non-hydrogen) atoms. The Morgan fingerprint density at radius 3 is 2.67 bits per heavy atom. The van der Waals surface area contributed by atoms with Crippen LogP contribution in [0.2, 0.25) is 5.02 Å². The average Bonchev–Trinajstić information content (AvgIpc) is 2.69. The van der Waals surface area contributed by atoms with Gasteiger partial charge >= 0.3 is 0 Å². The van der Waals surface area contributed by atoms with Gasteiger partial charge in [-0.3, -0.25) is 10.2 Å². The fourth-order valence-electron chi connectivity index (χ4n) is 2.35. The summed E-state index contributed by atoms with van der Waals surface area (Å²) in [6.45, 7) is 1.82. The van der Waals surface area contributed by atoms with Crippen molar-refractivity contribution in [2.75, 3.05) is 5.43 Å². The topological polar surface area (TPSA) is 91.0 Å². The normalized spacial score (nSPS) is 10.9. The van der Waals surface area contributed by atoms with Crippen LogP contribution in [0.3, 0.4) is 0 Å². The average molecular weight is 376 g/mol. The highest BCUT2D eigenvalue weighted by atomic mass is 35.5. The van der Waals surface area contributed by atoms with Crippen LogP contribution in [0.4, 0.5) is 5.69 Å². The van der Waals surface area contributed by atoms with Gasteiger partial charge < -0.3 is 0 Å². The molecular weight excluding hydrogens is 362 g/mol. The molecule has 3 aromatic rings. The lowest BCUT2D eigenvalue weighted by atomic mass is 10.1. The monoisotopic (exact) mass is 375 g/mol. The molecule has 132 valence electrons. The maximum absolute atomic E-state index is 12.4. The van der Waals surface area contributed by atoms with Crippen LogP contribution < -0.4 is 5.43 Å². The maximum atomic E-state index is 12.4. The number of carbonyl (C=O) groups is 1. The quantitative estimate of drug-likeness (QED) is 0.408. The van der Waals surface area contributed by atoms with Crippen LogP contribution in [-0.2, 0) is 0 Å². The third-order valence-electron chi connectivity index (χ3n) is 3.66. The van der Waals surface area contributed by atoms with Gasteiger partial charge in [-0.2, -0.15) is 10.4 Å². The summed E-state index contributed by atoms with van der Waals surface area (Å²) in [5.74, 6) is 0.188. The van der Waals surface area contributed by atoms with E-state index in [4.69, 9.17) is 11.6 Å². The Kier molecular flexibility index (Phi) is 5.55. The number of rotatable bonds is 5. The van der Waals surface area contributed by atoms with Crippen molar-refractivity contribution in [1.82, 2.24) is 9.97 Å². The molecule has 0 radical (unpaired) electrons. The highest BCUT2D eigenvalue weighted by Crippen LogP contribution is 2.20. The number of ketones is 1. The molecule has 0 aliphatic rings. The van der Waals surface area contributed by atoms with Gasteiger partial charge in [0.15, 0.2) is 0 Å². The molecule has 0 fully saturated rings. The summed E-state index contributed by atoms with van der Waals surface area (Å²) in [4.78, 5) is 20.8. The van der Waals surface area contributed by atoms with Crippen molar-refractivity contribution in [2.24, 2.45) is 5.10 Å². The summed E-state index contributed by atoms with van der Waals surface area (Å²) in [7, 11) is 0. The summed E-state index contributed by atoms with van der Waals surface area (Å²) >= 11 is 5.82. The molecular formula is C20H14ClN5O. The second-order valence-electron chi connectivity index (χ2n) is 5.59. The predicted octanol–water partition coefficient (Wildman–Crippen LogP) is 4.28. The van der Waals surface area contributed by atoms with Gasteiger partial charge in [0.25, 0.3) is 0 Å². The Hall–Kier alpha value is -3.56. The van der Waals surface area contributed by atoms with Gasteiger partial charge in [0.05, 0.1) is 11.4 Å². The number of anilines is 1. The van der Waals surface area contributed by atoms with Gasteiger partial charge in [0.2, 0.25) is 11.5 Å². The first kappa shape index (κ1) is 18.2. The molecule has 0 atom stereocenters. The molecule has 0 amide bonds. The van der Waals surface area contributed by atoms with E-state index in [1.54, 1.807) is 42.6 Å². The van der Waals surface area contributed by atoms with Crippen LogP contribution in [0.5, 0.6) is 0 Å². The Balaban J connectivity index is 1.82. The zero-order valence-electron chi connectivity index (χ0n) is 14.3. The SMILES string of the molecule is Cc1nccc(-c2cccc(N/N=C(/C#N)C(=O)c3ccc(Cl)cc3)c2)n1. The number of aryl methyl sites for hydroxylation is 1. The number of halogens is 1. The minimum absolute atomic E-state index is 0.249. The van der Waals surface area contributed by atoms with Gasteiger partial charge in [-0.15, -0.1) is 0 Å². The molecule has 0 saturated heterocycles. The molecule has 0 bridgehead atoms. The van der Waals surface area contributed by atoms with Crippen molar-refractivity contribution in [3.63, 3.8) is 0 Å². The number of hydrogen-bond acceptors (Lipinski definition) is 6. The van der Waals surface area contributed by atoms with Gasteiger partial charge in [0.1, 0.15) is 11.9 Å². The Bertz CT molecular complexity index is 1050. The molecule has 0 unspecified atom stereocenters. The number of benzene rings is 2. The summed E-state index contributed by atoms with van der Waals surface area (Å²) in [6.07, 6.45) is 1.69. The number of carbonyl (C=O) groups excluding carboxylic acids is 1. The zero-order valence-corrected chi connectivity index (χ0v) is 15.1. The van der Waals surface area contributed by atoms with E-state index >= 15 is 0 Å². The molecule has 0 aliphatic heterocycles. The molecule has 0 spiro atoms. The molecule has 0 saturated carbocycles. The lowest BCUT2D eigenvalue weighted by molar-refractivity contribution is 0.106. The highest BCUT2D eigenvalue weighted by molar-refractivity contribution is 6.51. The summed E-state index contributed by atoms with van der Waals surface area (Å²) in [5.41, 5.74) is 5.11. The smallest absolute Gasteiger partial charge is 0.223 e. The molecule has 1 N–H and O–H groups in total. The largest absolute Gasteiger partial charge is 0.286 e. The number of nitriles is 1. The minimum Gasteiger partial charge on any atom is -0.286 e. The van der Waals surface area contributed by atoms with E-state index < -0.39 is 5.78 Å². The van der Waals surface area contributed by atoms with E-state index in [1.807, 2.05) is 31.2 Å². The molecule has 0 aliphatic carbocycles. The maximum Gasteiger partial charge on any atom is 0.223 e. The number of hydrogen-bond donors (Lipinski definition) is 1. The molecule has 7 heteroatoms. The van der Waals surface area contributed by atoms with Gasteiger partial charge in [-0.25, -0.2) is 9.97 Å². The molecule has 1 heterocycles. The Labute approximate surface area is 161 Å². The molecule has 6 nitrogen and oxygen atoms in total. The van der Waals surface area contributed by atoms with Crippen LogP contribution in [0, 0.1) is 18.3 Å². The van der Waals surface area contributed by atoms with Crippen LogP contribution >= 0.6 is 11.6 Å². The number of aromatic nitrogens is 2. The fraction of sp³-hybridized carbons (Fsp3) is 0.0500. The Morgan fingerprint density at radius 2 is 1.96 bits per heavy atom. The first-order valence-electron chi connectivity index (χ1n) is 8.01.